The largest absolute Gasteiger partial charge is 0.394 e. The van der Waals surface area contributed by atoms with Crippen molar-refractivity contribution in [1.82, 2.24) is 4.90 Å². The Balaban J connectivity index is 2.45. The van der Waals surface area contributed by atoms with Crippen LogP contribution in [0.25, 0.3) is 0 Å². The van der Waals surface area contributed by atoms with Crippen LogP contribution in [0, 0.1) is 0 Å². The molecule has 0 saturated carbocycles. The first-order valence-corrected chi connectivity index (χ1v) is 4.17. The van der Waals surface area contributed by atoms with Gasteiger partial charge in [0.1, 0.15) is 0 Å². The highest BCUT2D eigenvalue weighted by molar-refractivity contribution is 4.92. The summed E-state index contributed by atoms with van der Waals surface area (Å²) in [7, 11) is 0. The maximum absolute atomic E-state index is 9.03. The van der Waals surface area contributed by atoms with E-state index in [9.17, 15) is 0 Å². The fourth-order valence-electron chi connectivity index (χ4n) is 1.32. The number of aliphatic hydroxyl groups is 1. The second kappa shape index (κ2) is 5.12. The Labute approximate surface area is 72.9 Å². The van der Waals surface area contributed by atoms with Crippen molar-refractivity contribution in [3.05, 3.63) is 18.4 Å². The van der Waals surface area contributed by atoms with E-state index < -0.39 is 0 Å². The number of nitrogens with zero attached hydrogens (tertiary/aromatic N) is 1. The molecule has 1 aliphatic rings. The highest BCUT2D eigenvalue weighted by Crippen LogP contribution is 2.03. The Morgan fingerprint density at radius 2 is 2.25 bits per heavy atom. The zero-order chi connectivity index (χ0) is 8.81. The zero-order valence-corrected chi connectivity index (χ0v) is 7.20. The lowest BCUT2D eigenvalue weighted by Gasteiger charge is -2.31. The van der Waals surface area contributed by atoms with E-state index in [0.29, 0.717) is 0 Å². The molecule has 1 aliphatic heterocycles. The van der Waals surface area contributed by atoms with Gasteiger partial charge >= 0.3 is 0 Å². The van der Waals surface area contributed by atoms with Crippen LogP contribution in [0.4, 0.5) is 0 Å². The lowest BCUT2D eigenvalue weighted by atomic mass is 10.2. The van der Waals surface area contributed by atoms with E-state index in [1.165, 1.54) is 0 Å². The molecule has 1 unspecified atom stereocenters. The molecule has 0 aliphatic carbocycles. The van der Waals surface area contributed by atoms with Crippen LogP contribution in [-0.2, 0) is 4.74 Å². The SMILES string of the molecule is C=C=CC(CO)N1CCOCC1. The molecule has 0 aromatic rings. The maximum atomic E-state index is 9.03. The standard InChI is InChI=1S/C9H15NO2/c1-2-3-9(8-11)10-4-6-12-7-5-10/h3,9,11H,1,4-8H2. The first-order chi connectivity index (χ1) is 5.88. The molecule has 0 radical (unpaired) electrons. The van der Waals surface area contributed by atoms with Crippen molar-refractivity contribution < 1.29 is 9.84 Å². The van der Waals surface area contributed by atoms with Crippen molar-refractivity contribution in [3.8, 4) is 0 Å². The van der Waals surface area contributed by atoms with Crippen LogP contribution in [0.1, 0.15) is 0 Å². The van der Waals surface area contributed by atoms with Gasteiger partial charge in [-0.3, -0.25) is 4.90 Å². The molecular weight excluding hydrogens is 154 g/mol. The number of hydrogen-bond donors (Lipinski definition) is 1. The fraction of sp³-hybridized carbons (Fsp3) is 0.667. The van der Waals surface area contributed by atoms with Crippen molar-refractivity contribution in [3.63, 3.8) is 0 Å². The Kier molecular flexibility index (Phi) is 4.05. The maximum Gasteiger partial charge on any atom is 0.0628 e. The second-order valence-electron chi connectivity index (χ2n) is 2.77. The topological polar surface area (TPSA) is 32.7 Å². The average molecular weight is 169 g/mol. The molecule has 0 aromatic heterocycles. The van der Waals surface area contributed by atoms with E-state index in [4.69, 9.17) is 9.84 Å². The van der Waals surface area contributed by atoms with Gasteiger partial charge in [-0.1, -0.05) is 6.58 Å². The average Bonchev–Trinajstić information content (AvgIpc) is 2.15. The van der Waals surface area contributed by atoms with Crippen molar-refractivity contribution in [1.29, 1.82) is 0 Å². The van der Waals surface area contributed by atoms with Gasteiger partial charge in [0, 0.05) is 13.1 Å². The van der Waals surface area contributed by atoms with Crippen LogP contribution in [0.3, 0.4) is 0 Å². The number of hydrogen-bond acceptors (Lipinski definition) is 3. The number of ether oxygens (including phenoxy) is 1. The number of rotatable bonds is 3. The van der Waals surface area contributed by atoms with Gasteiger partial charge in [0.15, 0.2) is 0 Å². The minimum absolute atomic E-state index is 0.0615. The molecule has 1 atom stereocenters. The molecule has 0 spiro atoms. The third-order valence-corrected chi connectivity index (χ3v) is 2.01. The van der Waals surface area contributed by atoms with Gasteiger partial charge < -0.3 is 9.84 Å². The molecule has 68 valence electrons. The summed E-state index contributed by atoms with van der Waals surface area (Å²) >= 11 is 0. The summed E-state index contributed by atoms with van der Waals surface area (Å²) in [6.07, 6.45) is 1.80. The van der Waals surface area contributed by atoms with Gasteiger partial charge in [-0.2, -0.15) is 0 Å². The van der Waals surface area contributed by atoms with Gasteiger partial charge in [-0.05, 0) is 6.08 Å². The van der Waals surface area contributed by atoms with Crippen molar-refractivity contribution in [2.45, 2.75) is 6.04 Å². The summed E-state index contributed by atoms with van der Waals surface area (Å²) in [5.74, 6) is 0. The molecule has 0 amide bonds. The predicted octanol–water partition coefficient (Wildman–Crippen LogP) is 0.0206. The van der Waals surface area contributed by atoms with E-state index in [2.05, 4.69) is 17.2 Å². The zero-order valence-electron chi connectivity index (χ0n) is 7.20. The van der Waals surface area contributed by atoms with Crippen molar-refractivity contribution in [2.75, 3.05) is 32.9 Å². The van der Waals surface area contributed by atoms with Crippen LogP contribution in [-0.4, -0.2) is 49.0 Å². The van der Waals surface area contributed by atoms with Crippen molar-refractivity contribution in [2.24, 2.45) is 0 Å². The molecule has 1 saturated heterocycles. The third-order valence-electron chi connectivity index (χ3n) is 2.01. The molecule has 1 rings (SSSR count). The predicted molar refractivity (Wildman–Crippen MR) is 47.0 cm³/mol. The van der Waals surface area contributed by atoms with E-state index in [-0.39, 0.29) is 12.6 Å². The summed E-state index contributed by atoms with van der Waals surface area (Å²) < 4.78 is 5.20. The monoisotopic (exact) mass is 169 g/mol. The fourth-order valence-corrected chi connectivity index (χ4v) is 1.32. The number of aliphatic hydroxyl groups excluding tert-OH is 1. The summed E-state index contributed by atoms with van der Waals surface area (Å²) in [6.45, 7) is 6.88. The number of morpholine rings is 1. The minimum Gasteiger partial charge on any atom is -0.394 e. The Hall–Kier alpha value is -0.600. The van der Waals surface area contributed by atoms with Gasteiger partial charge in [0.05, 0.1) is 25.9 Å². The van der Waals surface area contributed by atoms with Crippen LogP contribution in [0.5, 0.6) is 0 Å². The summed E-state index contributed by atoms with van der Waals surface area (Å²) in [6, 6.07) is 0.0615. The summed E-state index contributed by atoms with van der Waals surface area (Å²) in [4.78, 5) is 2.17. The highest BCUT2D eigenvalue weighted by atomic mass is 16.5. The molecule has 3 nitrogen and oxygen atoms in total. The lowest BCUT2D eigenvalue weighted by molar-refractivity contribution is 0.0147. The molecule has 0 bridgehead atoms. The first-order valence-electron chi connectivity index (χ1n) is 4.17. The second-order valence-corrected chi connectivity index (χ2v) is 2.77. The summed E-state index contributed by atoms with van der Waals surface area (Å²) in [5.41, 5.74) is 2.70. The van der Waals surface area contributed by atoms with Gasteiger partial charge in [-0.15, -0.1) is 5.73 Å². The smallest absolute Gasteiger partial charge is 0.0628 e. The van der Waals surface area contributed by atoms with Gasteiger partial charge in [0.25, 0.3) is 0 Å². The molecular formula is C9H15NO2. The minimum atomic E-state index is 0.0615. The molecule has 1 fully saturated rings. The Bertz CT molecular complexity index is 169. The normalized spacial score (nSPS) is 21.4. The molecule has 12 heavy (non-hydrogen) atoms. The van der Waals surface area contributed by atoms with E-state index in [1.54, 1.807) is 6.08 Å². The Morgan fingerprint density at radius 1 is 1.58 bits per heavy atom. The van der Waals surface area contributed by atoms with E-state index in [0.717, 1.165) is 26.3 Å². The van der Waals surface area contributed by atoms with Gasteiger partial charge in [0.2, 0.25) is 0 Å². The van der Waals surface area contributed by atoms with Crippen LogP contribution in [0.15, 0.2) is 18.4 Å². The molecule has 1 N–H and O–H groups in total. The Morgan fingerprint density at radius 3 is 2.75 bits per heavy atom. The molecule has 0 aromatic carbocycles. The summed E-state index contributed by atoms with van der Waals surface area (Å²) in [5, 5.41) is 9.03. The van der Waals surface area contributed by atoms with E-state index in [1.807, 2.05) is 0 Å². The highest BCUT2D eigenvalue weighted by Gasteiger charge is 2.17. The van der Waals surface area contributed by atoms with E-state index >= 15 is 0 Å². The molecule has 3 heteroatoms. The van der Waals surface area contributed by atoms with Crippen LogP contribution < -0.4 is 0 Å². The van der Waals surface area contributed by atoms with Crippen molar-refractivity contribution >= 4 is 0 Å². The van der Waals surface area contributed by atoms with Crippen LogP contribution >= 0.6 is 0 Å². The van der Waals surface area contributed by atoms with Crippen LogP contribution in [0.2, 0.25) is 0 Å². The first kappa shape index (κ1) is 9.49. The molecule has 1 heterocycles. The lowest BCUT2D eigenvalue weighted by Crippen LogP contribution is -2.44. The van der Waals surface area contributed by atoms with Gasteiger partial charge in [-0.25, -0.2) is 0 Å². The quantitative estimate of drug-likeness (QED) is 0.605. The third kappa shape index (κ3) is 2.47.